The number of aryl methyl sites for hydroxylation is 1. The lowest BCUT2D eigenvalue weighted by Gasteiger charge is -2.08. The summed E-state index contributed by atoms with van der Waals surface area (Å²) in [4.78, 5) is 30.4. The molecular formula is C13H11ClN4O3S. The van der Waals surface area contributed by atoms with Gasteiger partial charge in [0.25, 0.3) is 11.6 Å². The van der Waals surface area contributed by atoms with E-state index in [0.717, 1.165) is 0 Å². The number of carbonyl (C=O) groups is 1. The molecule has 7 nitrogen and oxygen atoms in total. The summed E-state index contributed by atoms with van der Waals surface area (Å²) >= 11 is 7.10. The molecule has 0 saturated carbocycles. The predicted molar refractivity (Wildman–Crippen MR) is 82.2 cm³/mol. The highest BCUT2D eigenvalue weighted by Gasteiger charge is 2.17. The maximum atomic E-state index is 11.2. The number of carbonyl (C=O) groups excluding carboxylic acids is 1. The van der Waals surface area contributed by atoms with Gasteiger partial charge in [0.15, 0.2) is 10.8 Å². The molecule has 0 spiro atoms. The number of aromatic nitrogens is 2. The van der Waals surface area contributed by atoms with E-state index in [2.05, 4.69) is 9.97 Å². The Morgan fingerprint density at radius 2 is 2.18 bits per heavy atom. The van der Waals surface area contributed by atoms with Gasteiger partial charge in [0.2, 0.25) is 0 Å². The van der Waals surface area contributed by atoms with Crippen LogP contribution < -0.4 is 5.73 Å². The van der Waals surface area contributed by atoms with Gasteiger partial charge in [-0.15, -0.1) is 0 Å². The first-order valence-corrected chi connectivity index (χ1v) is 7.40. The standard InChI is InChI=1S/C13H11ClN4O3S/c1-2-9-13(17-11(14)10(16-9)12(15)19)22-8-5-3-4-7(6-8)18(20)21/h3-6H,2H2,1H3,(H2,15,19). The van der Waals surface area contributed by atoms with Crippen molar-refractivity contribution in [3.8, 4) is 0 Å². The van der Waals surface area contributed by atoms with Crippen LogP contribution in [0.1, 0.15) is 23.1 Å². The SMILES string of the molecule is CCc1nc(C(N)=O)c(Cl)nc1Sc1cccc([N+](=O)[O-])c1. The van der Waals surface area contributed by atoms with Gasteiger partial charge in [-0.2, -0.15) is 0 Å². The molecule has 1 heterocycles. The zero-order valence-electron chi connectivity index (χ0n) is 11.4. The largest absolute Gasteiger partial charge is 0.364 e. The number of benzene rings is 1. The van der Waals surface area contributed by atoms with Crippen LogP contribution in [0.2, 0.25) is 5.15 Å². The van der Waals surface area contributed by atoms with Crippen LogP contribution in [0.3, 0.4) is 0 Å². The predicted octanol–water partition coefficient (Wildman–Crippen LogP) is 2.85. The number of primary amides is 1. The second-order valence-electron chi connectivity index (χ2n) is 4.19. The molecule has 0 aliphatic rings. The Labute approximate surface area is 135 Å². The van der Waals surface area contributed by atoms with Gasteiger partial charge in [-0.25, -0.2) is 9.97 Å². The summed E-state index contributed by atoms with van der Waals surface area (Å²) in [6.07, 6.45) is 0.516. The van der Waals surface area contributed by atoms with Crippen LogP contribution in [0.25, 0.3) is 0 Å². The van der Waals surface area contributed by atoms with Crippen LogP contribution in [0, 0.1) is 10.1 Å². The van der Waals surface area contributed by atoms with Crippen molar-refractivity contribution < 1.29 is 9.72 Å². The number of amides is 1. The first kappa shape index (κ1) is 16.2. The third-order valence-corrected chi connectivity index (χ3v) is 3.97. The topological polar surface area (TPSA) is 112 Å². The average molecular weight is 339 g/mol. The summed E-state index contributed by atoms with van der Waals surface area (Å²) in [6, 6.07) is 6.13. The Balaban J connectivity index is 2.41. The van der Waals surface area contributed by atoms with E-state index in [9.17, 15) is 14.9 Å². The zero-order chi connectivity index (χ0) is 16.3. The molecule has 0 unspecified atom stereocenters. The summed E-state index contributed by atoms with van der Waals surface area (Å²) in [5.74, 6) is -0.751. The molecule has 0 bridgehead atoms. The van der Waals surface area contributed by atoms with Crippen molar-refractivity contribution in [3.63, 3.8) is 0 Å². The van der Waals surface area contributed by atoms with Crippen molar-refractivity contribution in [2.75, 3.05) is 0 Å². The molecule has 0 aliphatic heterocycles. The van der Waals surface area contributed by atoms with Gasteiger partial charge in [0.1, 0.15) is 5.03 Å². The third kappa shape index (κ3) is 3.52. The molecule has 0 aliphatic carbocycles. The molecule has 0 atom stereocenters. The van der Waals surface area contributed by atoms with E-state index in [1.807, 2.05) is 6.92 Å². The fourth-order valence-corrected chi connectivity index (χ4v) is 2.94. The lowest BCUT2D eigenvalue weighted by molar-refractivity contribution is -0.385. The van der Waals surface area contributed by atoms with Crippen LogP contribution in [0.5, 0.6) is 0 Å². The van der Waals surface area contributed by atoms with Gasteiger partial charge in [-0.1, -0.05) is 36.4 Å². The second kappa shape index (κ2) is 6.71. The Kier molecular flexibility index (Phi) is 4.94. The lowest BCUT2D eigenvalue weighted by atomic mass is 10.3. The van der Waals surface area contributed by atoms with Gasteiger partial charge < -0.3 is 5.73 Å². The molecule has 0 radical (unpaired) electrons. The molecule has 0 saturated heterocycles. The number of rotatable bonds is 5. The van der Waals surface area contributed by atoms with Crippen molar-refractivity contribution in [3.05, 3.63) is 50.9 Å². The number of halogens is 1. The van der Waals surface area contributed by atoms with E-state index >= 15 is 0 Å². The minimum Gasteiger partial charge on any atom is -0.364 e. The molecule has 22 heavy (non-hydrogen) atoms. The monoisotopic (exact) mass is 338 g/mol. The quantitative estimate of drug-likeness (QED) is 0.662. The number of nitro benzene ring substituents is 1. The van der Waals surface area contributed by atoms with Crippen molar-refractivity contribution in [1.82, 2.24) is 9.97 Å². The Morgan fingerprint density at radius 3 is 2.77 bits per heavy atom. The summed E-state index contributed by atoms with van der Waals surface area (Å²) in [7, 11) is 0. The molecule has 2 aromatic rings. The minimum atomic E-state index is -0.751. The highest BCUT2D eigenvalue weighted by molar-refractivity contribution is 7.99. The lowest BCUT2D eigenvalue weighted by Crippen LogP contribution is -2.16. The van der Waals surface area contributed by atoms with E-state index < -0.39 is 10.8 Å². The Hall–Kier alpha value is -2.19. The molecule has 1 aromatic carbocycles. The average Bonchev–Trinajstić information content (AvgIpc) is 2.47. The number of non-ortho nitro benzene ring substituents is 1. The number of hydrogen-bond acceptors (Lipinski definition) is 6. The zero-order valence-corrected chi connectivity index (χ0v) is 13.0. The van der Waals surface area contributed by atoms with Crippen LogP contribution >= 0.6 is 23.4 Å². The molecule has 9 heteroatoms. The second-order valence-corrected chi connectivity index (χ2v) is 5.61. The minimum absolute atomic E-state index is 0.0177. The molecule has 2 rings (SSSR count). The normalized spacial score (nSPS) is 10.5. The summed E-state index contributed by atoms with van der Waals surface area (Å²) < 4.78 is 0. The number of nitro groups is 1. The van der Waals surface area contributed by atoms with Crippen LogP contribution in [-0.2, 0) is 6.42 Å². The smallest absolute Gasteiger partial charge is 0.270 e. The summed E-state index contributed by atoms with van der Waals surface area (Å²) in [5.41, 5.74) is 5.64. The van der Waals surface area contributed by atoms with E-state index in [1.54, 1.807) is 12.1 Å². The van der Waals surface area contributed by atoms with Crippen LogP contribution in [0.15, 0.2) is 34.2 Å². The fraction of sp³-hybridized carbons (Fsp3) is 0.154. The Bertz CT molecular complexity index is 754. The van der Waals surface area contributed by atoms with Gasteiger partial charge in [0.05, 0.1) is 10.6 Å². The number of nitrogens with two attached hydrogens (primary N) is 1. The van der Waals surface area contributed by atoms with Crippen LogP contribution in [-0.4, -0.2) is 20.8 Å². The van der Waals surface area contributed by atoms with Gasteiger partial charge >= 0.3 is 0 Å². The Morgan fingerprint density at radius 1 is 1.45 bits per heavy atom. The maximum Gasteiger partial charge on any atom is 0.270 e. The van der Waals surface area contributed by atoms with Crippen molar-refractivity contribution >= 4 is 35.0 Å². The highest BCUT2D eigenvalue weighted by Crippen LogP contribution is 2.32. The molecular weight excluding hydrogens is 328 g/mol. The van der Waals surface area contributed by atoms with E-state index in [0.29, 0.717) is 22.0 Å². The molecule has 114 valence electrons. The molecule has 1 aromatic heterocycles. The van der Waals surface area contributed by atoms with Gasteiger partial charge in [0, 0.05) is 17.0 Å². The molecule has 1 amide bonds. The first-order chi connectivity index (χ1) is 10.4. The maximum absolute atomic E-state index is 11.2. The van der Waals surface area contributed by atoms with Crippen molar-refractivity contribution in [2.24, 2.45) is 5.73 Å². The number of nitrogens with zero attached hydrogens (tertiary/aromatic N) is 3. The van der Waals surface area contributed by atoms with E-state index in [-0.39, 0.29) is 16.5 Å². The third-order valence-electron chi connectivity index (χ3n) is 2.70. The first-order valence-electron chi connectivity index (χ1n) is 6.21. The summed E-state index contributed by atoms with van der Waals surface area (Å²) in [5, 5.41) is 11.2. The van der Waals surface area contributed by atoms with Crippen LogP contribution in [0.4, 0.5) is 5.69 Å². The fourth-order valence-electron chi connectivity index (χ4n) is 1.68. The summed E-state index contributed by atoms with van der Waals surface area (Å²) in [6.45, 7) is 1.85. The van der Waals surface area contributed by atoms with Crippen molar-refractivity contribution in [2.45, 2.75) is 23.3 Å². The van der Waals surface area contributed by atoms with Gasteiger partial charge in [-0.05, 0) is 12.5 Å². The van der Waals surface area contributed by atoms with Gasteiger partial charge in [-0.3, -0.25) is 14.9 Å². The number of hydrogen-bond donors (Lipinski definition) is 1. The van der Waals surface area contributed by atoms with E-state index in [1.165, 1.54) is 23.9 Å². The highest BCUT2D eigenvalue weighted by atomic mass is 35.5. The molecule has 0 fully saturated rings. The van der Waals surface area contributed by atoms with Crippen molar-refractivity contribution in [1.29, 1.82) is 0 Å². The van der Waals surface area contributed by atoms with E-state index in [4.69, 9.17) is 17.3 Å². The molecule has 2 N–H and O–H groups in total.